The van der Waals surface area contributed by atoms with Crippen molar-refractivity contribution in [3.63, 3.8) is 0 Å². The number of aryl methyl sites for hydroxylation is 3. The average molecular weight is 340 g/mol. The average Bonchev–Trinajstić information content (AvgIpc) is 2.82. The maximum Gasteiger partial charge on any atom is 0.273 e. The van der Waals surface area contributed by atoms with E-state index in [9.17, 15) is 4.79 Å². The van der Waals surface area contributed by atoms with Gasteiger partial charge < -0.3 is 4.90 Å². The Morgan fingerprint density at radius 1 is 1.35 bits per heavy atom. The monoisotopic (exact) mass is 339 g/mol. The molecule has 2 aromatic heterocycles. The van der Waals surface area contributed by atoms with Gasteiger partial charge in [0.25, 0.3) is 5.91 Å². The fourth-order valence-corrected chi connectivity index (χ4v) is 2.58. The van der Waals surface area contributed by atoms with Crippen LogP contribution >= 0.6 is 15.9 Å². The van der Waals surface area contributed by atoms with Crippen molar-refractivity contribution >= 4 is 21.8 Å². The summed E-state index contributed by atoms with van der Waals surface area (Å²) in [6.07, 6.45) is 1.79. The van der Waals surface area contributed by atoms with Crippen molar-refractivity contribution < 1.29 is 4.79 Å². The SMILES string of the molecule is Cc1nn(C)c(C(=O)N(C)Cc2cnn(C)c2C)c1Br. The summed E-state index contributed by atoms with van der Waals surface area (Å²) in [4.78, 5) is 14.2. The van der Waals surface area contributed by atoms with Crippen LogP contribution in [0.3, 0.4) is 0 Å². The minimum Gasteiger partial charge on any atom is -0.336 e. The quantitative estimate of drug-likeness (QED) is 0.856. The molecule has 108 valence electrons. The summed E-state index contributed by atoms with van der Waals surface area (Å²) in [6.45, 7) is 4.38. The molecule has 0 saturated heterocycles. The predicted molar refractivity (Wildman–Crippen MR) is 79.4 cm³/mol. The lowest BCUT2D eigenvalue weighted by Crippen LogP contribution is -2.28. The second kappa shape index (κ2) is 5.40. The number of aromatic nitrogens is 4. The zero-order valence-electron chi connectivity index (χ0n) is 12.3. The second-order valence-corrected chi connectivity index (χ2v) is 5.70. The molecule has 0 aliphatic heterocycles. The highest BCUT2D eigenvalue weighted by atomic mass is 79.9. The Bertz CT molecular complexity index is 658. The minimum absolute atomic E-state index is 0.0665. The van der Waals surface area contributed by atoms with Gasteiger partial charge in [-0.25, -0.2) is 0 Å². The first-order valence-corrected chi connectivity index (χ1v) is 7.04. The molecule has 0 aromatic carbocycles. The molecular weight excluding hydrogens is 322 g/mol. The fourth-order valence-electron chi connectivity index (χ4n) is 2.07. The number of nitrogens with zero attached hydrogens (tertiary/aromatic N) is 5. The van der Waals surface area contributed by atoms with E-state index >= 15 is 0 Å². The van der Waals surface area contributed by atoms with Crippen molar-refractivity contribution in [2.75, 3.05) is 7.05 Å². The molecule has 0 radical (unpaired) electrons. The standard InChI is InChI=1S/C13H18BrN5O/c1-8-11(14)12(19(5)16-8)13(20)17(3)7-10-6-15-18(4)9(10)2/h6H,7H2,1-5H3. The summed E-state index contributed by atoms with van der Waals surface area (Å²) in [5.74, 6) is -0.0665. The van der Waals surface area contributed by atoms with Gasteiger partial charge in [0.05, 0.1) is 16.4 Å². The summed E-state index contributed by atoms with van der Waals surface area (Å²) in [6, 6.07) is 0. The number of rotatable bonds is 3. The molecule has 2 rings (SSSR count). The van der Waals surface area contributed by atoms with E-state index in [1.165, 1.54) is 0 Å². The largest absolute Gasteiger partial charge is 0.336 e. The third-order valence-corrected chi connectivity index (χ3v) is 4.39. The summed E-state index contributed by atoms with van der Waals surface area (Å²) < 4.78 is 4.16. The van der Waals surface area contributed by atoms with Crippen molar-refractivity contribution in [2.24, 2.45) is 14.1 Å². The Kier molecular flexibility index (Phi) is 3.99. The highest BCUT2D eigenvalue weighted by molar-refractivity contribution is 9.10. The topological polar surface area (TPSA) is 56.0 Å². The molecule has 20 heavy (non-hydrogen) atoms. The Morgan fingerprint density at radius 2 is 2.00 bits per heavy atom. The lowest BCUT2D eigenvalue weighted by molar-refractivity contribution is 0.0773. The van der Waals surface area contributed by atoms with Crippen molar-refractivity contribution in [3.8, 4) is 0 Å². The Hall–Kier alpha value is -1.63. The molecule has 0 N–H and O–H groups in total. The Balaban J connectivity index is 2.23. The number of amides is 1. The van der Waals surface area contributed by atoms with Gasteiger partial charge in [0.2, 0.25) is 0 Å². The van der Waals surface area contributed by atoms with Gasteiger partial charge in [-0.3, -0.25) is 14.2 Å². The molecule has 0 fully saturated rings. The Labute approximate surface area is 126 Å². The molecule has 7 heteroatoms. The number of hydrogen-bond acceptors (Lipinski definition) is 3. The van der Waals surface area contributed by atoms with Gasteiger partial charge >= 0.3 is 0 Å². The van der Waals surface area contributed by atoms with E-state index in [-0.39, 0.29) is 5.91 Å². The van der Waals surface area contributed by atoms with E-state index in [0.717, 1.165) is 21.4 Å². The molecular formula is C13H18BrN5O. The van der Waals surface area contributed by atoms with Gasteiger partial charge in [-0.1, -0.05) is 0 Å². The normalized spacial score (nSPS) is 10.9. The van der Waals surface area contributed by atoms with Crippen LogP contribution in [0.4, 0.5) is 0 Å². The molecule has 2 heterocycles. The zero-order valence-corrected chi connectivity index (χ0v) is 13.9. The number of hydrogen-bond donors (Lipinski definition) is 0. The molecule has 0 bridgehead atoms. The van der Waals surface area contributed by atoms with E-state index in [4.69, 9.17) is 0 Å². The van der Waals surface area contributed by atoms with Crippen molar-refractivity contribution in [1.82, 2.24) is 24.5 Å². The molecule has 0 unspecified atom stereocenters. The highest BCUT2D eigenvalue weighted by Gasteiger charge is 2.22. The smallest absolute Gasteiger partial charge is 0.273 e. The van der Waals surface area contributed by atoms with E-state index in [1.807, 2.05) is 20.9 Å². The summed E-state index contributed by atoms with van der Waals surface area (Å²) in [5.41, 5.74) is 3.47. The van der Waals surface area contributed by atoms with Crippen LogP contribution in [-0.2, 0) is 20.6 Å². The maximum absolute atomic E-state index is 12.5. The van der Waals surface area contributed by atoms with E-state index < -0.39 is 0 Å². The van der Waals surface area contributed by atoms with Gasteiger partial charge in [0.15, 0.2) is 0 Å². The first-order chi connectivity index (χ1) is 9.32. The Morgan fingerprint density at radius 3 is 2.45 bits per heavy atom. The number of carbonyl (C=O) groups is 1. The third-order valence-electron chi connectivity index (χ3n) is 3.44. The van der Waals surface area contributed by atoms with Gasteiger partial charge in [0, 0.05) is 38.9 Å². The van der Waals surface area contributed by atoms with E-state index in [2.05, 4.69) is 26.1 Å². The summed E-state index contributed by atoms with van der Waals surface area (Å²) in [5, 5.41) is 8.44. The lowest BCUT2D eigenvalue weighted by atomic mass is 10.2. The van der Waals surface area contributed by atoms with Crippen LogP contribution in [-0.4, -0.2) is 37.4 Å². The fraction of sp³-hybridized carbons (Fsp3) is 0.462. The molecule has 1 amide bonds. The molecule has 6 nitrogen and oxygen atoms in total. The molecule has 0 atom stereocenters. The predicted octanol–water partition coefficient (Wildman–Crippen LogP) is 1.81. The second-order valence-electron chi connectivity index (χ2n) is 4.91. The van der Waals surface area contributed by atoms with Crippen LogP contribution in [0, 0.1) is 13.8 Å². The molecule has 2 aromatic rings. The van der Waals surface area contributed by atoms with Gasteiger partial charge in [0.1, 0.15) is 5.69 Å². The van der Waals surface area contributed by atoms with Crippen LogP contribution in [0.2, 0.25) is 0 Å². The molecule has 0 aliphatic carbocycles. The van der Waals surface area contributed by atoms with Crippen LogP contribution in [0.1, 0.15) is 27.4 Å². The van der Waals surface area contributed by atoms with Crippen molar-refractivity contribution in [2.45, 2.75) is 20.4 Å². The first-order valence-electron chi connectivity index (χ1n) is 6.25. The van der Waals surface area contributed by atoms with E-state index in [1.54, 1.807) is 34.6 Å². The van der Waals surface area contributed by atoms with Gasteiger partial charge in [-0.05, 0) is 29.8 Å². The molecule has 0 aliphatic rings. The number of carbonyl (C=O) groups excluding carboxylic acids is 1. The van der Waals surface area contributed by atoms with Gasteiger partial charge in [-0.15, -0.1) is 0 Å². The van der Waals surface area contributed by atoms with Crippen LogP contribution in [0.15, 0.2) is 10.7 Å². The minimum atomic E-state index is -0.0665. The maximum atomic E-state index is 12.5. The first kappa shape index (κ1) is 14.8. The van der Waals surface area contributed by atoms with Crippen LogP contribution < -0.4 is 0 Å². The van der Waals surface area contributed by atoms with Gasteiger partial charge in [-0.2, -0.15) is 10.2 Å². The van der Waals surface area contributed by atoms with E-state index in [0.29, 0.717) is 12.2 Å². The summed E-state index contributed by atoms with van der Waals surface area (Å²) >= 11 is 3.43. The summed E-state index contributed by atoms with van der Waals surface area (Å²) in [7, 11) is 5.44. The molecule has 0 spiro atoms. The van der Waals surface area contributed by atoms with Crippen LogP contribution in [0.5, 0.6) is 0 Å². The third kappa shape index (κ3) is 2.49. The highest BCUT2D eigenvalue weighted by Crippen LogP contribution is 2.22. The van der Waals surface area contributed by atoms with Crippen molar-refractivity contribution in [1.29, 1.82) is 0 Å². The lowest BCUT2D eigenvalue weighted by Gasteiger charge is -2.17. The number of halogens is 1. The van der Waals surface area contributed by atoms with Crippen LogP contribution in [0.25, 0.3) is 0 Å². The zero-order chi connectivity index (χ0) is 15.0. The molecule has 0 saturated carbocycles. The van der Waals surface area contributed by atoms with Crippen molar-refractivity contribution in [3.05, 3.63) is 33.3 Å².